The lowest BCUT2D eigenvalue weighted by molar-refractivity contribution is -0.141. The van der Waals surface area contributed by atoms with Gasteiger partial charge < -0.3 is 39.9 Å². The highest BCUT2D eigenvalue weighted by Crippen LogP contribution is 2.45. The molecule has 4 N–H and O–H groups in total. The fourth-order valence-electron chi connectivity index (χ4n) is 11.0. The maximum Gasteiger partial charge on any atom is 0.254 e. The SMILES string of the molecule is Cc1ncsc1-c1ccc([C@H](C)NC(=O)[C@@H]2C[C@@H](O)CN2C(=O)[C@@H](c2cc(OCCN3CC4CC(C3)C4N3CCN4c5cc(-c6ccccc6O)nnc5NC[C@@H]4C3)no2)C(C)C)cc1. The predicted octanol–water partition coefficient (Wildman–Crippen LogP) is 5.16. The number of carbonyl (C=O) groups excluding carboxylic acids is 2. The van der Waals surface area contributed by atoms with Crippen molar-refractivity contribution in [2.75, 3.05) is 69.2 Å². The Kier molecular flexibility index (Phi) is 12.0. The maximum atomic E-state index is 14.3. The van der Waals surface area contributed by atoms with Crippen LogP contribution in [0.25, 0.3) is 21.7 Å². The van der Waals surface area contributed by atoms with E-state index in [0.717, 1.165) is 79.0 Å². The molecule has 1 saturated carbocycles. The number of nitrogens with one attached hydrogen (secondary N) is 2. The summed E-state index contributed by atoms with van der Waals surface area (Å²) in [6.07, 6.45) is 0.596. The van der Waals surface area contributed by atoms with E-state index in [1.165, 1.54) is 11.3 Å². The van der Waals surface area contributed by atoms with Gasteiger partial charge in [-0.1, -0.05) is 50.2 Å². The number of piperazine rings is 1. The number of phenols is 1. The Labute approximate surface area is 383 Å². The Hall–Kier alpha value is -5.62. The molecule has 5 fully saturated rings. The Balaban J connectivity index is 0.705. The van der Waals surface area contributed by atoms with Gasteiger partial charge in [-0.3, -0.25) is 19.4 Å². The number of β-amino-alcohol motifs (C(OH)–C–C–N with tert-alkyl or cyclic N) is 1. The van der Waals surface area contributed by atoms with Crippen molar-refractivity contribution in [1.29, 1.82) is 0 Å². The molecule has 2 amide bonds. The molecule has 5 aromatic rings. The number of piperidine rings is 2. The highest BCUT2D eigenvalue weighted by molar-refractivity contribution is 7.13. The van der Waals surface area contributed by atoms with E-state index in [1.54, 1.807) is 23.5 Å². The minimum atomic E-state index is -0.818. The number of thiazole rings is 1. The van der Waals surface area contributed by atoms with Gasteiger partial charge in [0.25, 0.3) is 5.88 Å². The van der Waals surface area contributed by atoms with Crippen LogP contribution in [0.3, 0.4) is 0 Å². The van der Waals surface area contributed by atoms with Crippen LogP contribution in [-0.4, -0.2) is 140 Å². The van der Waals surface area contributed by atoms with Gasteiger partial charge >= 0.3 is 0 Å². The first-order valence-electron chi connectivity index (χ1n) is 23.0. The first-order chi connectivity index (χ1) is 31.5. The maximum absolute atomic E-state index is 14.3. The molecule has 3 aromatic heterocycles. The number of nitrogens with zero attached hydrogens (tertiary/aromatic N) is 8. The number of ether oxygens (including phenoxy) is 1. The molecule has 2 unspecified atom stereocenters. The van der Waals surface area contributed by atoms with Crippen LogP contribution < -0.4 is 20.3 Å². The van der Waals surface area contributed by atoms with Crippen molar-refractivity contribution in [3.63, 3.8) is 0 Å². The summed E-state index contributed by atoms with van der Waals surface area (Å²) in [7, 11) is 0. The third-order valence-corrected chi connectivity index (χ3v) is 15.3. The summed E-state index contributed by atoms with van der Waals surface area (Å²) < 4.78 is 11.9. The zero-order valence-electron chi connectivity index (χ0n) is 37.3. The fourth-order valence-corrected chi connectivity index (χ4v) is 11.8. The summed E-state index contributed by atoms with van der Waals surface area (Å²) in [5.74, 6) is 1.49. The van der Waals surface area contributed by atoms with Gasteiger partial charge in [0.2, 0.25) is 11.8 Å². The number of hydrogen-bond donors (Lipinski definition) is 4. The molecule has 2 aromatic carbocycles. The number of aryl methyl sites for hydroxylation is 1. The van der Waals surface area contributed by atoms with Gasteiger partial charge in [0.05, 0.1) is 45.7 Å². The summed E-state index contributed by atoms with van der Waals surface area (Å²) in [6, 6.07) is 18.9. The topological polar surface area (TPSA) is 186 Å². The lowest BCUT2D eigenvalue weighted by Gasteiger charge is -2.60. The van der Waals surface area contributed by atoms with E-state index in [1.807, 2.05) is 75.7 Å². The van der Waals surface area contributed by atoms with Crippen LogP contribution in [0.1, 0.15) is 62.6 Å². The molecule has 16 nitrogen and oxygen atoms in total. The van der Waals surface area contributed by atoms with Gasteiger partial charge in [-0.05, 0) is 72.5 Å². The quantitative estimate of drug-likeness (QED) is 0.121. The van der Waals surface area contributed by atoms with E-state index >= 15 is 0 Å². The lowest BCUT2D eigenvalue weighted by Crippen LogP contribution is -2.69. The Morgan fingerprint density at radius 1 is 1.00 bits per heavy atom. The van der Waals surface area contributed by atoms with Crippen LogP contribution >= 0.6 is 11.3 Å². The van der Waals surface area contributed by atoms with Crippen molar-refractivity contribution >= 4 is 34.7 Å². The molecule has 2 bridgehead atoms. The number of anilines is 2. The molecule has 0 spiro atoms. The largest absolute Gasteiger partial charge is 0.507 e. The average molecular weight is 903 g/mol. The second-order valence-electron chi connectivity index (χ2n) is 18.9. The molecule has 7 atom stereocenters. The van der Waals surface area contributed by atoms with Gasteiger partial charge in [0, 0.05) is 76.5 Å². The molecule has 0 radical (unpaired) electrons. The van der Waals surface area contributed by atoms with E-state index in [0.29, 0.717) is 53.4 Å². The van der Waals surface area contributed by atoms with Crippen LogP contribution in [0.4, 0.5) is 11.5 Å². The Morgan fingerprint density at radius 2 is 1.80 bits per heavy atom. The van der Waals surface area contributed by atoms with Gasteiger partial charge in [-0.25, -0.2) is 4.98 Å². The van der Waals surface area contributed by atoms with Gasteiger partial charge in [0.1, 0.15) is 24.3 Å². The number of aliphatic hydroxyl groups excluding tert-OH is 1. The zero-order valence-corrected chi connectivity index (χ0v) is 38.2. The number of likely N-dealkylation sites (tertiary alicyclic amines) is 1. The minimum absolute atomic E-state index is 0.0639. The van der Waals surface area contributed by atoms with Crippen molar-refractivity contribution in [3.8, 4) is 33.3 Å². The highest BCUT2D eigenvalue weighted by atomic mass is 32.1. The molecule has 11 rings (SSSR count). The van der Waals surface area contributed by atoms with Crippen molar-refractivity contribution in [2.45, 2.75) is 76.7 Å². The number of aromatic nitrogens is 4. The Bertz CT molecular complexity index is 2500. The number of amides is 2. The molecule has 6 aliphatic rings. The first-order valence-corrected chi connectivity index (χ1v) is 23.9. The number of rotatable bonds is 13. The van der Waals surface area contributed by atoms with Crippen molar-refractivity contribution < 1.29 is 29.1 Å². The molecular formula is C48H58N10O6S. The van der Waals surface area contributed by atoms with E-state index < -0.39 is 18.1 Å². The number of carbonyl (C=O) groups is 2. The Morgan fingerprint density at radius 3 is 2.55 bits per heavy atom. The number of para-hydroxylation sites is 1. The molecular weight excluding hydrogens is 845 g/mol. The van der Waals surface area contributed by atoms with E-state index in [9.17, 15) is 19.8 Å². The number of fused-ring (bicyclic) bond motifs is 5. The summed E-state index contributed by atoms with van der Waals surface area (Å²) in [5.41, 5.74) is 7.23. The van der Waals surface area contributed by atoms with Gasteiger partial charge in [0.15, 0.2) is 11.6 Å². The van der Waals surface area contributed by atoms with E-state index in [2.05, 4.69) is 51.7 Å². The standard InChI is InChI=1S/C48H58N10O6S/c1-27(2)43(48(62)58-25-35(59)18-39(58)47(61)51-28(3)30-9-11-31(12-10-30)45-29(4)50-26-65-45)41-20-42(54-64-41)63-16-15-55-22-32-17-33(23-55)44(32)56-13-14-57-34(24-56)21-49-46-38(57)19-37(52-53-46)36-7-5-6-8-40(36)60/h5-12,19-20,26-28,32-35,39,43-44,59-60H,13-18,21-25H2,1-4H3,(H,49,53)(H,51,61)/t28-,32?,33?,34+,35+,39-,43+,44?/m0/s1. The molecule has 65 heavy (non-hydrogen) atoms. The van der Waals surface area contributed by atoms with E-state index in [4.69, 9.17) is 9.26 Å². The summed E-state index contributed by atoms with van der Waals surface area (Å²) in [4.78, 5) is 42.6. The molecule has 17 heteroatoms. The summed E-state index contributed by atoms with van der Waals surface area (Å²) in [5, 5.41) is 40.9. The van der Waals surface area contributed by atoms with Crippen LogP contribution in [0, 0.1) is 24.7 Å². The minimum Gasteiger partial charge on any atom is -0.507 e. The zero-order chi connectivity index (χ0) is 44.9. The second kappa shape index (κ2) is 18.0. The van der Waals surface area contributed by atoms with Crippen molar-refractivity contribution in [3.05, 3.63) is 83.2 Å². The molecule has 1 aliphatic carbocycles. The molecule has 8 heterocycles. The highest BCUT2D eigenvalue weighted by Gasteiger charge is 2.51. The van der Waals surface area contributed by atoms with Crippen molar-refractivity contribution in [2.24, 2.45) is 17.8 Å². The van der Waals surface area contributed by atoms with Crippen LogP contribution in [0.15, 0.2) is 70.7 Å². The molecule has 5 aliphatic heterocycles. The lowest BCUT2D eigenvalue weighted by atomic mass is 9.65. The van der Waals surface area contributed by atoms with Crippen molar-refractivity contribution in [1.82, 2.24) is 40.4 Å². The number of benzene rings is 2. The second-order valence-corrected chi connectivity index (χ2v) is 19.7. The van der Waals surface area contributed by atoms with Gasteiger partial charge in [-0.15, -0.1) is 21.5 Å². The summed E-state index contributed by atoms with van der Waals surface area (Å²) in [6.45, 7) is 14.8. The monoisotopic (exact) mass is 902 g/mol. The van der Waals surface area contributed by atoms with Crippen LogP contribution in [0.2, 0.25) is 0 Å². The third kappa shape index (κ3) is 8.54. The number of phenolic OH excluding ortho intramolecular Hbond substituents is 1. The number of aliphatic hydroxyl groups is 1. The first kappa shape index (κ1) is 43.3. The molecule has 342 valence electrons. The fraction of sp³-hybridized carbons (Fsp3) is 0.500. The third-order valence-electron chi connectivity index (χ3n) is 14.3. The number of aromatic hydroxyl groups is 1. The normalized spacial score (nSPS) is 25.0. The summed E-state index contributed by atoms with van der Waals surface area (Å²) >= 11 is 1.60. The van der Waals surface area contributed by atoms with Crippen LogP contribution in [0.5, 0.6) is 11.6 Å². The number of hydrogen-bond acceptors (Lipinski definition) is 15. The smallest absolute Gasteiger partial charge is 0.254 e. The average Bonchev–Trinajstić information content (AvgIpc) is 4.06. The molecule has 4 saturated heterocycles. The van der Waals surface area contributed by atoms with Gasteiger partial charge in [-0.2, -0.15) is 0 Å². The van der Waals surface area contributed by atoms with E-state index in [-0.39, 0.29) is 42.5 Å². The van der Waals surface area contributed by atoms with Crippen LogP contribution in [-0.2, 0) is 9.59 Å². The predicted molar refractivity (Wildman–Crippen MR) is 247 cm³/mol.